The summed E-state index contributed by atoms with van der Waals surface area (Å²) < 4.78 is 0. The van der Waals surface area contributed by atoms with E-state index in [0.717, 1.165) is 11.1 Å². The predicted molar refractivity (Wildman–Crippen MR) is 101 cm³/mol. The third-order valence-corrected chi connectivity index (χ3v) is 4.65. The van der Waals surface area contributed by atoms with E-state index in [2.05, 4.69) is 10.6 Å². The summed E-state index contributed by atoms with van der Waals surface area (Å²) in [5.74, 6) is -0.852. The van der Waals surface area contributed by atoms with Crippen molar-refractivity contribution >= 4 is 11.8 Å². The molecule has 5 heteroatoms. The molecule has 0 radical (unpaired) electrons. The first-order valence-electron chi connectivity index (χ1n) is 8.70. The minimum atomic E-state index is -0.612. The Balaban J connectivity index is 1.95. The zero-order valence-electron chi connectivity index (χ0n) is 14.6. The van der Waals surface area contributed by atoms with Crippen molar-refractivity contribution in [2.75, 3.05) is 0 Å². The summed E-state index contributed by atoms with van der Waals surface area (Å²) in [6.45, 7) is 1.67. The molecule has 0 saturated carbocycles. The Morgan fingerprint density at radius 2 is 1.58 bits per heavy atom. The van der Waals surface area contributed by atoms with Crippen LogP contribution in [0.2, 0.25) is 0 Å². The van der Waals surface area contributed by atoms with Crippen LogP contribution in [0.1, 0.15) is 30.0 Å². The fourth-order valence-electron chi connectivity index (χ4n) is 3.16. The lowest BCUT2D eigenvalue weighted by Gasteiger charge is -2.26. The van der Waals surface area contributed by atoms with Crippen molar-refractivity contribution in [2.24, 2.45) is 5.73 Å². The second-order valence-corrected chi connectivity index (χ2v) is 6.49. The van der Waals surface area contributed by atoms with Crippen LogP contribution in [0.3, 0.4) is 0 Å². The van der Waals surface area contributed by atoms with Gasteiger partial charge in [0.25, 0.3) is 0 Å². The minimum Gasteiger partial charge on any atom is -0.368 e. The number of carbonyl (C=O) groups excluding carboxylic acids is 2. The Labute approximate surface area is 153 Å². The number of hydrogen-bond donors (Lipinski definition) is 3. The molecule has 0 aliphatic carbocycles. The van der Waals surface area contributed by atoms with Crippen molar-refractivity contribution in [3.05, 3.63) is 83.9 Å². The average molecular weight is 349 g/mol. The van der Waals surface area contributed by atoms with Crippen molar-refractivity contribution in [3.63, 3.8) is 0 Å². The fourth-order valence-corrected chi connectivity index (χ4v) is 3.16. The molecule has 0 saturated heterocycles. The van der Waals surface area contributed by atoms with Gasteiger partial charge in [-0.1, -0.05) is 72.8 Å². The number of primary amides is 1. The first-order chi connectivity index (χ1) is 12.6. The molecule has 4 atom stereocenters. The van der Waals surface area contributed by atoms with Gasteiger partial charge in [0, 0.05) is 5.92 Å². The number of benzene rings is 2. The van der Waals surface area contributed by atoms with Crippen LogP contribution in [-0.4, -0.2) is 23.9 Å². The van der Waals surface area contributed by atoms with Crippen molar-refractivity contribution in [1.82, 2.24) is 10.6 Å². The molecule has 0 aromatic heterocycles. The van der Waals surface area contributed by atoms with Crippen LogP contribution in [0.5, 0.6) is 0 Å². The van der Waals surface area contributed by atoms with E-state index < -0.39 is 18.0 Å². The molecule has 1 heterocycles. The van der Waals surface area contributed by atoms with Gasteiger partial charge in [-0.3, -0.25) is 14.9 Å². The number of carbonyl (C=O) groups is 2. The van der Waals surface area contributed by atoms with Crippen molar-refractivity contribution < 1.29 is 9.59 Å². The number of nitrogens with two attached hydrogens (primary N) is 1. The average Bonchev–Trinajstić information content (AvgIpc) is 2.82. The molecule has 2 aromatic carbocycles. The summed E-state index contributed by atoms with van der Waals surface area (Å²) in [5, 5.41) is 6.14. The molecule has 4 N–H and O–H groups in total. The molecule has 0 spiro atoms. The van der Waals surface area contributed by atoms with Crippen LogP contribution < -0.4 is 16.4 Å². The van der Waals surface area contributed by atoms with Gasteiger partial charge in [-0.15, -0.1) is 0 Å². The van der Waals surface area contributed by atoms with Crippen LogP contribution >= 0.6 is 0 Å². The van der Waals surface area contributed by atoms with Gasteiger partial charge in [0.2, 0.25) is 11.8 Å². The summed E-state index contributed by atoms with van der Waals surface area (Å²) in [5.41, 5.74) is 7.40. The van der Waals surface area contributed by atoms with Crippen LogP contribution in [0.15, 0.2) is 72.8 Å². The van der Waals surface area contributed by atoms with Gasteiger partial charge in [0.05, 0.1) is 18.1 Å². The summed E-state index contributed by atoms with van der Waals surface area (Å²) in [6.07, 6.45) is 4.03. The second kappa shape index (κ2) is 7.97. The molecule has 0 bridgehead atoms. The maximum atomic E-state index is 13.0. The van der Waals surface area contributed by atoms with Gasteiger partial charge in [0.1, 0.15) is 0 Å². The van der Waals surface area contributed by atoms with Gasteiger partial charge in [-0.25, -0.2) is 0 Å². The van der Waals surface area contributed by atoms with E-state index >= 15 is 0 Å². The fraction of sp³-hybridized carbons (Fsp3) is 0.238. The Kier molecular flexibility index (Phi) is 5.49. The third-order valence-electron chi connectivity index (χ3n) is 4.65. The van der Waals surface area contributed by atoms with E-state index in [4.69, 9.17) is 5.73 Å². The Morgan fingerprint density at radius 3 is 2.15 bits per heavy atom. The lowest BCUT2D eigenvalue weighted by Crippen LogP contribution is -2.53. The SMILES string of the molecule is C[C@H](N[C@@H]1C(=O)N[C@@H](c2ccccc2)C=C[C@@H]1c1ccccc1)C(N)=O. The van der Waals surface area contributed by atoms with Crippen LogP contribution in [0.4, 0.5) is 0 Å². The van der Waals surface area contributed by atoms with Crippen molar-refractivity contribution in [2.45, 2.75) is 31.0 Å². The maximum absolute atomic E-state index is 13.0. The molecule has 3 rings (SSSR count). The third kappa shape index (κ3) is 4.00. The van der Waals surface area contributed by atoms with Crippen molar-refractivity contribution in [1.29, 1.82) is 0 Å². The molecular formula is C21H23N3O2. The van der Waals surface area contributed by atoms with E-state index in [1.807, 2.05) is 72.8 Å². The highest BCUT2D eigenvalue weighted by Crippen LogP contribution is 2.27. The number of rotatable bonds is 5. The van der Waals surface area contributed by atoms with Crippen molar-refractivity contribution in [3.8, 4) is 0 Å². The van der Waals surface area contributed by atoms with Gasteiger partial charge >= 0.3 is 0 Å². The topological polar surface area (TPSA) is 84.2 Å². The van der Waals surface area contributed by atoms with Crippen LogP contribution in [0, 0.1) is 0 Å². The zero-order valence-corrected chi connectivity index (χ0v) is 14.6. The van der Waals surface area contributed by atoms with Crippen LogP contribution in [0.25, 0.3) is 0 Å². The molecule has 26 heavy (non-hydrogen) atoms. The highest BCUT2D eigenvalue weighted by Gasteiger charge is 2.33. The molecule has 1 aliphatic rings. The van der Waals surface area contributed by atoms with Gasteiger partial charge < -0.3 is 11.1 Å². The predicted octanol–water partition coefficient (Wildman–Crippen LogP) is 2.03. The lowest BCUT2D eigenvalue weighted by atomic mass is 9.90. The highest BCUT2D eigenvalue weighted by molar-refractivity contribution is 5.86. The largest absolute Gasteiger partial charge is 0.368 e. The van der Waals surface area contributed by atoms with E-state index in [1.165, 1.54) is 0 Å². The minimum absolute atomic E-state index is 0.161. The number of hydrogen-bond acceptors (Lipinski definition) is 3. The summed E-state index contributed by atoms with van der Waals surface area (Å²) in [7, 11) is 0. The Morgan fingerprint density at radius 1 is 1.00 bits per heavy atom. The molecule has 134 valence electrons. The normalized spacial score (nSPS) is 23.7. The Hall–Kier alpha value is -2.92. The molecule has 0 fully saturated rings. The highest BCUT2D eigenvalue weighted by atomic mass is 16.2. The first-order valence-corrected chi connectivity index (χ1v) is 8.70. The lowest BCUT2D eigenvalue weighted by molar-refractivity contribution is -0.124. The zero-order chi connectivity index (χ0) is 18.5. The van der Waals surface area contributed by atoms with E-state index in [9.17, 15) is 9.59 Å². The molecule has 2 aromatic rings. The molecular weight excluding hydrogens is 326 g/mol. The molecule has 0 unspecified atom stereocenters. The van der Waals surface area contributed by atoms with Gasteiger partial charge in [-0.05, 0) is 18.1 Å². The molecule has 5 nitrogen and oxygen atoms in total. The van der Waals surface area contributed by atoms with Crippen LogP contribution in [-0.2, 0) is 9.59 Å². The van der Waals surface area contributed by atoms with E-state index in [0.29, 0.717) is 0 Å². The smallest absolute Gasteiger partial charge is 0.238 e. The Bertz CT molecular complexity index is 789. The maximum Gasteiger partial charge on any atom is 0.238 e. The van der Waals surface area contributed by atoms with E-state index in [-0.39, 0.29) is 17.9 Å². The van der Waals surface area contributed by atoms with Gasteiger partial charge in [-0.2, -0.15) is 0 Å². The summed E-state index contributed by atoms with van der Waals surface area (Å²) in [4.78, 5) is 24.5. The first kappa shape index (κ1) is 17.9. The standard InChI is InChI=1S/C21H23N3O2/c1-14(20(22)25)23-19-17(15-8-4-2-5-9-15)12-13-18(24-21(19)26)16-10-6-3-7-11-16/h2-14,17-19,23H,1H3,(H2,22,25)(H,24,26)/t14-,17+,18+,19-/m0/s1. The second-order valence-electron chi connectivity index (χ2n) is 6.49. The summed E-state index contributed by atoms with van der Waals surface area (Å²) >= 11 is 0. The molecule has 2 amide bonds. The number of nitrogens with one attached hydrogen (secondary N) is 2. The molecule has 1 aliphatic heterocycles. The number of amides is 2. The quantitative estimate of drug-likeness (QED) is 0.722. The summed E-state index contributed by atoms with van der Waals surface area (Å²) in [6, 6.07) is 18.1. The van der Waals surface area contributed by atoms with E-state index in [1.54, 1.807) is 6.92 Å². The monoisotopic (exact) mass is 349 g/mol. The van der Waals surface area contributed by atoms with Gasteiger partial charge in [0.15, 0.2) is 0 Å².